The standard InChI is InChI=1S/C8H9N5O/c1-14-8-5(6(9)12-4-13-8)7-10-2-3-11-7/h2-4H,1H3,(H,10,11)(H2,9,12,13). The summed E-state index contributed by atoms with van der Waals surface area (Å²) < 4.78 is 5.06. The molecule has 0 saturated carbocycles. The second kappa shape index (κ2) is 3.33. The molecule has 0 unspecified atom stereocenters. The van der Waals surface area contributed by atoms with E-state index in [2.05, 4.69) is 19.9 Å². The van der Waals surface area contributed by atoms with Gasteiger partial charge in [-0.1, -0.05) is 0 Å². The fraction of sp³-hybridized carbons (Fsp3) is 0.125. The summed E-state index contributed by atoms with van der Waals surface area (Å²) in [5.41, 5.74) is 6.28. The molecule has 6 heteroatoms. The van der Waals surface area contributed by atoms with E-state index in [9.17, 15) is 0 Å². The Hall–Kier alpha value is -2.11. The molecule has 6 nitrogen and oxygen atoms in total. The van der Waals surface area contributed by atoms with Crippen LogP contribution >= 0.6 is 0 Å². The predicted molar refractivity (Wildman–Crippen MR) is 50.6 cm³/mol. The zero-order valence-electron chi connectivity index (χ0n) is 7.56. The molecule has 0 aliphatic heterocycles. The van der Waals surface area contributed by atoms with Gasteiger partial charge in [-0.05, 0) is 0 Å². The molecule has 2 aromatic rings. The van der Waals surface area contributed by atoms with E-state index in [1.54, 1.807) is 12.4 Å². The first-order valence-corrected chi connectivity index (χ1v) is 3.97. The Labute approximate surface area is 80.2 Å². The fourth-order valence-electron chi connectivity index (χ4n) is 1.16. The minimum Gasteiger partial charge on any atom is -0.480 e. The van der Waals surface area contributed by atoms with Crippen LogP contribution in [0.25, 0.3) is 11.4 Å². The van der Waals surface area contributed by atoms with Gasteiger partial charge in [-0.3, -0.25) is 0 Å². The van der Waals surface area contributed by atoms with E-state index in [0.29, 0.717) is 23.1 Å². The number of nitrogens with one attached hydrogen (secondary N) is 1. The maximum absolute atomic E-state index is 5.70. The minimum absolute atomic E-state index is 0.340. The van der Waals surface area contributed by atoms with Crippen LogP contribution in [0.3, 0.4) is 0 Å². The number of aromatic amines is 1. The van der Waals surface area contributed by atoms with Crippen LogP contribution in [-0.4, -0.2) is 27.0 Å². The lowest BCUT2D eigenvalue weighted by molar-refractivity contribution is 0.398. The van der Waals surface area contributed by atoms with E-state index in [0.717, 1.165) is 0 Å². The van der Waals surface area contributed by atoms with Gasteiger partial charge >= 0.3 is 0 Å². The van der Waals surface area contributed by atoms with Gasteiger partial charge in [0.25, 0.3) is 0 Å². The Balaban J connectivity index is 2.61. The first-order chi connectivity index (χ1) is 6.83. The van der Waals surface area contributed by atoms with Gasteiger partial charge < -0.3 is 15.5 Å². The molecule has 0 aliphatic carbocycles. The number of anilines is 1. The normalized spacial score (nSPS) is 10.1. The van der Waals surface area contributed by atoms with Crippen molar-refractivity contribution in [2.45, 2.75) is 0 Å². The second-order valence-corrected chi connectivity index (χ2v) is 2.58. The Morgan fingerprint density at radius 1 is 1.36 bits per heavy atom. The molecule has 0 spiro atoms. The zero-order valence-corrected chi connectivity index (χ0v) is 7.56. The van der Waals surface area contributed by atoms with Gasteiger partial charge in [0.1, 0.15) is 23.5 Å². The average molecular weight is 191 g/mol. The highest BCUT2D eigenvalue weighted by atomic mass is 16.5. The van der Waals surface area contributed by atoms with Gasteiger partial charge in [0, 0.05) is 12.4 Å². The molecule has 0 aromatic carbocycles. The van der Waals surface area contributed by atoms with Crippen LogP contribution in [0, 0.1) is 0 Å². The summed E-state index contributed by atoms with van der Waals surface area (Å²) in [6.45, 7) is 0. The van der Waals surface area contributed by atoms with Crippen molar-refractivity contribution in [1.29, 1.82) is 0 Å². The fourth-order valence-corrected chi connectivity index (χ4v) is 1.16. The lowest BCUT2D eigenvalue weighted by Gasteiger charge is -2.05. The predicted octanol–water partition coefficient (Wildman–Crippen LogP) is 0.457. The number of aromatic nitrogens is 4. The molecule has 14 heavy (non-hydrogen) atoms. The Bertz CT molecular complexity index is 425. The number of methoxy groups -OCH3 is 1. The maximum Gasteiger partial charge on any atom is 0.229 e. The Morgan fingerprint density at radius 2 is 2.21 bits per heavy atom. The maximum atomic E-state index is 5.70. The Morgan fingerprint density at radius 3 is 2.86 bits per heavy atom. The van der Waals surface area contributed by atoms with E-state index in [1.807, 2.05) is 0 Å². The van der Waals surface area contributed by atoms with Crippen LogP contribution in [-0.2, 0) is 0 Å². The third-order valence-corrected chi connectivity index (χ3v) is 1.77. The second-order valence-electron chi connectivity index (χ2n) is 2.58. The van der Waals surface area contributed by atoms with Crippen LogP contribution in [0.4, 0.5) is 5.82 Å². The van der Waals surface area contributed by atoms with Gasteiger partial charge in [0.05, 0.1) is 7.11 Å². The van der Waals surface area contributed by atoms with Crippen molar-refractivity contribution in [3.63, 3.8) is 0 Å². The van der Waals surface area contributed by atoms with Crippen molar-refractivity contribution < 1.29 is 4.74 Å². The summed E-state index contributed by atoms with van der Waals surface area (Å²) in [7, 11) is 1.52. The third kappa shape index (κ3) is 1.26. The van der Waals surface area contributed by atoms with Crippen LogP contribution in [0.5, 0.6) is 5.88 Å². The highest BCUT2D eigenvalue weighted by Crippen LogP contribution is 2.28. The largest absolute Gasteiger partial charge is 0.480 e. The number of hydrogen-bond donors (Lipinski definition) is 2. The number of H-pyrrole nitrogens is 1. The average Bonchev–Trinajstić information content (AvgIpc) is 2.70. The number of imidazole rings is 1. The van der Waals surface area contributed by atoms with Crippen LogP contribution in [0.15, 0.2) is 18.7 Å². The molecule has 72 valence electrons. The molecular formula is C8H9N5O. The van der Waals surface area contributed by atoms with Gasteiger partial charge in [-0.15, -0.1) is 0 Å². The van der Waals surface area contributed by atoms with Crippen LogP contribution in [0.2, 0.25) is 0 Å². The lowest BCUT2D eigenvalue weighted by Crippen LogP contribution is -2.00. The molecule has 3 N–H and O–H groups in total. The molecule has 0 atom stereocenters. The number of rotatable bonds is 2. The van der Waals surface area contributed by atoms with E-state index in [-0.39, 0.29) is 0 Å². The number of ether oxygens (including phenoxy) is 1. The van der Waals surface area contributed by atoms with Crippen molar-refractivity contribution in [2.24, 2.45) is 0 Å². The molecule has 0 saturated heterocycles. The SMILES string of the molecule is COc1ncnc(N)c1-c1ncc[nH]1. The van der Waals surface area contributed by atoms with Gasteiger partial charge in [-0.25, -0.2) is 15.0 Å². The van der Waals surface area contributed by atoms with Crippen molar-refractivity contribution in [1.82, 2.24) is 19.9 Å². The monoisotopic (exact) mass is 191 g/mol. The lowest BCUT2D eigenvalue weighted by atomic mass is 10.3. The number of nitrogens with two attached hydrogens (primary N) is 1. The minimum atomic E-state index is 0.340. The molecule has 2 rings (SSSR count). The van der Waals surface area contributed by atoms with Gasteiger partial charge in [-0.2, -0.15) is 0 Å². The number of nitrogen functional groups attached to an aromatic ring is 1. The number of hydrogen-bond acceptors (Lipinski definition) is 5. The summed E-state index contributed by atoms with van der Waals surface area (Å²) in [5, 5.41) is 0. The first-order valence-electron chi connectivity index (χ1n) is 3.97. The molecule has 0 aliphatic rings. The van der Waals surface area contributed by atoms with E-state index < -0.39 is 0 Å². The molecule has 0 bridgehead atoms. The van der Waals surface area contributed by atoms with E-state index in [4.69, 9.17) is 10.5 Å². The number of nitrogens with zero attached hydrogens (tertiary/aromatic N) is 3. The van der Waals surface area contributed by atoms with Crippen molar-refractivity contribution in [3.05, 3.63) is 18.7 Å². The molecule has 0 amide bonds. The topological polar surface area (TPSA) is 89.7 Å². The van der Waals surface area contributed by atoms with Crippen LogP contribution < -0.4 is 10.5 Å². The third-order valence-electron chi connectivity index (χ3n) is 1.77. The van der Waals surface area contributed by atoms with Gasteiger partial charge in [0.15, 0.2) is 0 Å². The smallest absolute Gasteiger partial charge is 0.229 e. The van der Waals surface area contributed by atoms with E-state index in [1.165, 1.54) is 13.4 Å². The molecule has 0 radical (unpaired) electrons. The van der Waals surface area contributed by atoms with Crippen molar-refractivity contribution in [3.8, 4) is 17.3 Å². The Kier molecular flexibility index (Phi) is 2.02. The summed E-state index contributed by atoms with van der Waals surface area (Å²) >= 11 is 0. The molecule has 2 aromatic heterocycles. The van der Waals surface area contributed by atoms with Crippen molar-refractivity contribution in [2.75, 3.05) is 12.8 Å². The summed E-state index contributed by atoms with van der Waals surface area (Å²) in [5.74, 6) is 1.35. The highest BCUT2D eigenvalue weighted by molar-refractivity contribution is 5.72. The van der Waals surface area contributed by atoms with Crippen molar-refractivity contribution >= 4 is 5.82 Å². The highest BCUT2D eigenvalue weighted by Gasteiger charge is 2.13. The zero-order chi connectivity index (χ0) is 9.97. The van der Waals surface area contributed by atoms with Crippen LogP contribution in [0.1, 0.15) is 0 Å². The molecule has 0 fully saturated rings. The van der Waals surface area contributed by atoms with Gasteiger partial charge in [0.2, 0.25) is 5.88 Å². The summed E-state index contributed by atoms with van der Waals surface area (Å²) in [6, 6.07) is 0. The molecule has 2 heterocycles. The quantitative estimate of drug-likeness (QED) is 0.719. The summed E-state index contributed by atoms with van der Waals surface area (Å²) in [4.78, 5) is 14.8. The molecular weight excluding hydrogens is 182 g/mol. The summed E-state index contributed by atoms with van der Waals surface area (Å²) in [6.07, 6.45) is 4.67. The van der Waals surface area contributed by atoms with E-state index >= 15 is 0 Å². The first kappa shape index (κ1) is 8.49.